The SMILES string of the molecule is O=C(OCCCCOC1CCCCO1)c1ccnc(-c2cc(C(=O)OCCCCOC3CCCCO3)ccn2)c1. The highest BCUT2D eigenvalue weighted by atomic mass is 16.7. The number of ether oxygens (including phenoxy) is 6. The average Bonchev–Trinajstić information content (AvgIpc) is 3.01. The van der Waals surface area contributed by atoms with Crippen LogP contribution in [-0.2, 0) is 28.4 Å². The van der Waals surface area contributed by atoms with Crippen LogP contribution in [0.5, 0.6) is 0 Å². The molecule has 0 bridgehead atoms. The zero-order chi connectivity index (χ0) is 27.8. The Hall–Kier alpha value is -2.92. The molecule has 0 N–H and O–H groups in total. The molecule has 218 valence electrons. The Balaban J connectivity index is 1.16. The maximum absolute atomic E-state index is 12.6. The van der Waals surface area contributed by atoms with E-state index in [1.807, 2.05) is 0 Å². The first kappa shape index (κ1) is 30.0. The van der Waals surface area contributed by atoms with Crippen LogP contribution in [0.15, 0.2) is 36.7 Å². The molecule has 4 heterocycles. The first-order valence-electron chi connectivity index (χ1n) is 14.4. The molecule has 2 aliphatic rings. The van der Waals surface area contributed by atoms with E-state index in [2.05, 4.69) is 9.97 Å². The maximum atomic E-state index is 12.6. The van der Waals surface area contributed by atoms with E-state index in [9.17, 15) is 9.59 Å². The molecule has 2 saturated heterocycles. The molecule has 0 aliphatic carbocycles. The van der Waals surface area contributed by atoms with Crippen molar-refractivity contribution < 1.29 is 38.0 Å². The van der Waals surface area contributed by atoms with Crippen LogP contribution >= 0.6 is 0 Å². The Morgan fingerprint density at radius 1 is 0.675 bits per heavy atom. The molecule has 40 heavy (non-hydrogen) atoms. The molecule has 0 radical (unpaired) electrons. The van der Waals surface area contributed by atoms with Gasteiger partial charge in [0.1, 0.15) is 0 Å². The Morgan fingerprint density at radius 3 is 1.55 bits per heavy atom. The van der Waals surface area contributed by atoms with Crippen molar-refractivity contribution in [1.82, 2.24) is 9.97 Å². The highest BCUT2D eigenvalue weighted by Crippen LogP contribution is 2.19. The molecule has 2 aliphatic heterocycles. The second-order valence-electron chi connectivity index (χ2n) is 9.88. The van der Waals surface area contributed by atoms with E-state index in [0.717, 1.165) is 64.6 Å². The van der Waals surface area contributed by atoms with Gasteiger partial charge >= 0.3 is 11.9 Å². The number of aromatic nitrogens is 2. The van der Waals surface area contributed by atoms with Crippen molar-refractivity contribution in [3.05, 3.63) is 47.8 Å². The normalized spacial score (nSPS) is 19.2. The average molecular weight is 557 g/mol. The molecule has 2 unspecified atom stereocenters. The van der Waals surface area contributed by atoms with Crippen LogP contribution in [0, 0.1) is 0 Å². The van der Waals surface area contributed by atoms with Gasteiger partial charge in [-0.3, -0.25) is 9.97 Å². The van der Waals surface area contributed by atoms with Crippen molar-refractivity contribution in [1.29, 1.82) is 0 Å². The molecular weight excluding hydrogens is 516 g/mol. The summed E-state index contributed by atoms with van der Waals surface area (Å²) in [6.07, 6.45) is 12.1. The van der Waals surface area contributed by atoms with E-state index < -0.39 is 11.9 Å². The van der Waals surface area contributed by atoms with Gasteiger partial charge in [-0.15, -0.1) is 0 Å². The number of rotatable bonds is 15. The third-order valence-corrected chi connectivity index (χ3v) is 6.68. The summed E-state index contributed by atoms with van der Waals surface area (Å²) in [5, 5.41) is 0. The number of hydrogen-bond donors (Lipinski definition) is 0. The second kappa shape index (κ2) is 17.0. The van der Waals surface area contributed by atoms with Crippen LogP contribution in [0.3, 0.4) is 0 Å². The number of hydrogen-bond acceptors (Lipinski definition) is 10. The number of nitrogens with zero attached hydrogens (tertiary/aromatic N) is 2. The summed E-state index contributed by atoms with van der Waals surface area (Å²) in [7, 11) is 0. The third-order valence-electron chi connectivity index (χ3n) is 6.68. The van der Waals surface area contributed by atoms with E-state index >= 15 is 0 Å². The van der Waals surface area contributed by atoms with Crippen LogP contribution in [0.4, 0.5) is 0 Å². The van der Waals surface area contributed by atoms with Gasteiger partial charge in [0.25, 0.3) is 0 Å². The molecule has 4 rings (SSSR count). The standard InChI is InChI=1S/C30H40N2O8/c33-29(39-19-7-5-17-37-27-9-1-3-15-35-27)23-11-13-31-25(21-23)26-22-24(12-14-32-26)30(34)40-20-8-6-18-38-28-10-2-4-16-36-28/h11-14,21-22,27-28H,1-10,15-20H2. The lowest BCUT2D eigenvalue weighted by atomic mass is 10.1. The highest BCUT2D eigenvalue weighted by Gasteiger charge is 2.16. The molecule has 2 fully saturated rings. The number of pyridine rings is 2. The summed E-state index contributed by atoms with van der Waals surface area (Å²) in [4.78, 5) is 33.7. The first-order valence-corrected chi connectivity index (χ1v) is 14.4. The first-order chi connectivity index (χ1) is 19.7. The molecule has 0 aromatic carbocycles. The summed E-state index contributed by atoms with van der Waals surface area (Å²) in [6.45, 7) is 3.27. The van der Waals surface area contributed by atoms with Gasteiger partial charge in [0.15, 0.2) is 12.6 Å². The molecule has 2 aromatic rings. The number of carbonyl (C=O) groups excluding carboxylic acids is 2. The minimum Gasteiger partial charge on any atom is -0.462 e. The summed E-state index contributed by atoms with van der Waals surface area (Å²) in [6, 6.07) is 6.41. The lowest BCUT2D eigenvalue weighted by molar-refractivity contribution is -0.163. The summed E-state index contributed by atoms with van der Waals surface area (Å²) < 4.78 is 33.3. The lowest BCUT2D eigenvalue weighted by Gasteiger charge is -2.22. The lowest BCUT2D eigenvalue weighted by Crippen LogP contribution is -2.22. The van der Waals surface area contributed by atoms with Gasteiger partial charge in [-0.2, -0.15) is 0 Å². The van der Waals surface area contributed by atoms with Crippen LogP contribution in [0.25, 0.3) is 11.4 Å². The summed E-state index contributed by atoms with van der Waals surface area (Å²) in [5.41, 5.74) is 1.67. The maximum Gasteiger partial charge on any atom is 0.338 e. The molecule has 2 atom stereocenters. The summed E-state index contributed by atoms with van der Waals surface area (Å²) >= 11 is 0. The van der Waals surface area contributed by atoms with Crippen molar-refractivity contribution in [2.75, 3.05) is 39.6 Å². The Labute approximate surface area is 235 Å². The number of unbranched alkanes of at least 4 members (excludes halogenated alkanes) is 2. The van der Waals surface area contributed by atoms with Crippen LogP contribution in [0.1, 0.15) is 84.9 Å². The zero-order valence-corrected chi connectivity index (χ0v) is 23.1. The van der Waals surface area contributed by atoms with Crippen LogP contribution in [-0.4, -0.2) is 74.1 Å². The Kier molecular flexibility index (Phi) is 12.8. The molecule has 10 heteroatoms. The quantitative estimate of drug-likeness (QED) is 0.217. The van der Waals surface area contributed by atoms with Gasteiger partial charge in [0.2, 0.25) is 0 Å². The topological polar surface area (TPSA) is 115 Å². The zero-order valence-electron chi connectivity index (χ0n) is 23.1. The predicted molar refractivity (Wildman–Crippen MR) is 146 cm³/mol. The minimum absolute atomic E-state index is 0.104. The van der Waals surface area contributed by atoms with E-state index in [1.165, 1.54) is 12.4 Å². The van der Waals surface area contributed by atoms with Gasteiger partial charge in [0.05, 0.1) is 35.7 Å². The third kappa shape index (κ3) is 10.2. The molecule has 0 saturated carbocycles. The molecular formula is C30H40N2O8. The largest absolute Gasteiger partial charge is 0.462 e. The van der Waals surface area contributed by atoms with Crippen molar-refractivity contribution in [2.45, 2.75) is 76.8 Å². The van der Waals surface area contributed by atoms with Crippen LogP contribution in [0.2, 0.25) is 0 Å². The number of carbonyl (C=O) groups is 2. The van der Waals surface area contributed by atoms with Gasteiger partial charge in [-0.05, 0) is 88.5 Å². The fourth-order valence-corrected chi connectivity index (χ4v) is 4.41. The van der Waals surface area contributed by atoms with Gasteiger partial charge in [-0.25, -0.2) is 9.59 Å². The van der Waals surface area contributed by atoms with E-state index in [1.54, 1.807) is 24.3 Å². The molecule has 2 aromatic heterocycles. The second-order valence-corrected chi connectivity index (χ2v) is 9.88. The minimum atomic E-state index is -0.435. The molecule has 10 nitrogen and oxygen atoms in total. The predicted octanol–water partition coefficient (Wildman–Crippen LogP) is 5.10. The van der Waals surface area contributed by atoms with Crippen molar-refractivity contribution in [3.8, 4) is 11.4 Å². The van der Waals surface area contributed by atoms with Gasteiger partial charge in [0, 0.05) is 38.8 Å². The summed E-state index contributed by atoms with van der Waals surface area (Å²) in [5.74, 6) is -0.871. The van der Waals surface area contributed by atoms with Gasteiger partial charge in [-0.1, -0.05) is 0 Å². The fourth-order valence-electron chi connectivity index (χ4n) is 4.41. The van der Waals surface area contributed by atoms with Crippen LogP contribution < -0.4 is 0 Å². The Morgan fingerprint density at radius 2 is 1.12 bits per heavy atom. The van der Waals surface area contributed by atoms with E-state index in [-0.39, 0.29) is 12.6 Å². The van der Waals surface area contributed by atoms with Crippen molar-refractivity contribution in [2.24, 2.45) is 0 Å². The van der Waals surface area contributed by atoms with Crippen molar-refractivity contribution in [3.63, 3.8) is 0 Å². The van der Waals surface area contributed by atoms with Crippen molar-refractivity contribution >= 4 is 11.9 Å². The Bertz CT molecular complexity index is 970. The molecule has 0 amide bonds. The van der Waals surface area contributed by atoms with Gasteiger partial charge < -0.3 is 28.4 Å². The van der Waals surface area contributed by atoms with E-state index in [0.29, 0.717) is 61.8 Å². The highest BCUT2D eigenvalue weighted by molar-refractivity contribution is 5.92. The smallest absolute Gasteiger partial charge is 0.338 e. The molecule has 0 spiro atoms. The fraction of sp³-hybridized carbons (Fsp3) is 0.600. The number of esters is 2. The monoisotopic (exact) mass is 556 g/mol. The van der Waals surface area contributed by atoms with E-state index in [4.69, 9.17) is 28.4 Å².